The molecule has 0 saturated carbocycles. The minimum Gasteiger partial charge on any atom is -0.240 e. The number of rotatable bonds is 2. The van der Waals surface area contributed by atoms with Crippen molar-refractivity contribution in [2.24, 2.45) is 0 Å². The average Bonchev–Trinajstić information content (AvgIpc) is 2.89. The maximum Gasteiger partial charge on any atom is 0.123 e. The molecule has 3 rings (SSSR count). The van der Waals surface area contributed by atoms with Crippen molar-refractivity contribution in [3.63, 3.8) is 0 Å². The van der Waals surface area contributed by atoms with Crippen LogP contribution < -0.4 is 0 Å². The third kappa shape index (κ3) is 2.02. The molecule has 2 aromatic carbocycles. The molecule has 0 amide bonds. The second-order valence-corrected chi connectivity index (χ2v) is 4.02. The van der Waals surface area contributed by atoms with E-state index in [4.69, 9.17) is 0 Å². The van der Waals surface area contributed by atoms with Gasteiger partial charge in [0.1, 0.15) is 5.82 Å². The van der Waals surface area contributed by atoms with Crippen molar-refractivity contribution in [2.75, 3.05) is 0 Å². The number of aromatic nitrogens is 2. The van der Waals surface area contributed by atoms with Crippen LogP contribution in [0.2, 0.25) is 0 Å². The summed E-state index contributed by atoms with van der Waals surface area (Å²) in [4.78, 5) is 0. The number of hydrogen-bond acceptors (Lipinski definition) is 1. The van der Waals surface area contributed by atoms with Gasteiger partial charge < -0.3 is 0 Å². The van der Waals surface area contributed by atoms with Crippen LogP contribution in [0, 0.1) is 5.82 Å². The van der Waals surface area contributed by atoms with E-state index < -0.39 is 0 Å². The number of para-hydroxylation sites is 1. The maximum absolute atomic E-state index is 13.2. The second kappa shape index (κ2) is 4.45. The molecule has 0 saturated heterocycles. The molecule has 0 unspecified atom stereocenters. The molecule has 0 aliphatic rings. The molecule has 0 atom stereocenters. The Hall–Kier alpha value is -2.42. The fourth-order valence-corrected chi connectivity index (χ4v) is 1.86. The highest BCUT2D eigenvalue weighted by Crippen LogP contribution is 2.20. The number of benzene rings is 2. The van der Waals surface area contributed by atoms with Gasteiger partial charge in [-0.05, 0) is 29.8 Å². The lowest BCUT2D eigenvalue weighted by molar-refractivity contribution is 0.628. The summed E-state index contributed by atoms with van der Waals surface area (Å²) in [6.45, 7) is 0. The van der Waals surface area contributed by atoms with Gasteiger partial charge in [0.05, 0.1) is 11.9 Å². The Labute approximate surface area is 104 Å². The first-order valence-corrected chi connectivity index (χ1v) is 5.69. The second-order valence-electron chi connectivity index (χ2n) is 4.02. The van der Waals surface area contributed by atoms with Crippen molar-refractivity contribution in [3.8, 4) is 16.8 Å². The Bertz CT molecular complexity index is 659. The van der Waals surface area contributed by atoms with E-state index in [9.17, 15) is 4.39 Å². The van der Waals surface area contributed by atoms with Crippen molar-refractivity contribution in [2.45, 2.75) is 0 Å². The summed E-state index contributed by atoms with van der Waals surface area (Å²) in [7, 11) is 0. The maximum atomic E-state index is 13.2. The quantitative estimate of drug-likeness (QED) is 0.666. The van der Waals surface area contributed by atoms with Crippen molar-refractivity contribution in [1.82, 2.24) is 9.78 Å². The van der Waals surface area contributed by atoms with Crippen molar-refractivity contribution < 1.29 is 4.39 Å². The van der Waals surface area contributed by atoms with Crippen molar-refractivity contribution in [3.05, 3.63) is 72.8 Å². The molecular weight excluding hydrogens is 227 g/mol. The third-order valence-electron chi connectivity index (χ3n) is 2.76. The fourth-order valence-electron chi connectivity index (χ4n) is 1.86. The Balaban J connectivity index is 2.00. The Morgan fingerprint density at radius 1 is 0.889 bits per heavy atom. The normalized spacial score (nSPS) is 10.5. The minimum atomic E-state index is -0.236. The minimum absolute atomic E-state index is 0.236. The van der Waals surface area contributed by atoms with Gasteiger partial charge in [-0.1, -0.05) is 30.3 Å². The summed E-state index contributed by atoms with van der Waals surface area (Å²) < 4.78 is 14.9. The Morgan fingerprint density at radius 3 is 2.50 bits per heavy atom. The predicted molar refractivity (Wildman–Crippen MR) is 69.0 cm³/mol. The van der Waals surface area contributed by atoms with Gasteiger partial charge in [0.2, 0.25) is 0 Å². The third-order valence-corrected chi connectivity index (χ3v) is 2.76. The zero-order valence-corrected chi connectivity index (χ0v) is 9.62. The van der Waals surface area contributed by atoms with E-state index in [0.29, 0.717) is 0 Å². The predicted octanol–water partition coefficient (Wildman–Crippen LogP) is 3.68. The van der Waals surface area contributed by atoms with E-state index in [-0.39, 0.29) is 5.82 Å². The lowest BCUT2D eigenvalue weighted by atomic mass is 10.1. The van der Waals surface area contributed by atoms with Crippen LogP contribution in [0.25, 0.3) is 16.8 Å². The van der Waals surface area contributed by atoms with Crippen LogP contribution in [-0.4, -0.2) is 9.78 Å². The van der Waals surface area contributed by atoms with Crippen molar-refractivity contribution >= 4 is 0 Å². The van der Waals surface area contributed by atoms with Gasteiger partial charge in [0.25, 0.3) is 0 Å². The molecule has 1 aromatic heterocycles. The van der Waals surface area contributed by atoms with Gasteiger partial charge in [-0.15, -0.1) is 0 Å². The molecule has 0 spiro atoms. The van der Waals surface area contributed by atoms with Gasteiger partial charge >= 0.3 is 0 Å². The zero-order chi connectivity index (χ0) is 12.4. The summed E-state index contributed by atoms with van der Waals surface area (Å²) >= 11 is 0. The van der Waals surface area contributed by atoms with Crippen LogP contribution >= 0.6 is 0 Å². The Morgan fingerprint density at radius 2 is 1.72 bits per heavy atom. The molecule has 88 valence electrons. The van der Waals surface area contributed by atoms with E-state index in [1.54, 1.807) is 16.9 Å². The molecule has 1 heterocycles. The van der Waals surface area contributed by atoms with Crippen LogP contribution in [0.15, 0.2) is 67.0 Å². The summed E-state index contributed by atoms with van der Waals surface area (Å²) in [6, 6.07) is 16.3. The number of nitrogens with zero attached hydrogens (tertiary/aromatic N) is 2. The standard InChI is InChI=1S/C15H11FN2/c16-14-6-4-5-12(9-14)13-10-17-18(11-13)15-7-2-1-3-8-15/h1-11H. The first-order valence-electron chi connectivity index (χ1n) is 5.69. The lowest BCUT2D eigenvalue weighted by Crippen LogP contribution is -1.92. The highest BCUT2D eigenvalue weighted by Gasteiger charge is 2.03. The average molecular weight is 238 g/mol. The van der Waals surface area contributed by atoms with Gasteiger partial charge in [-0.25, -0.2) is 9.07 Å². The van der Waals surface area contributed by atoms with Gasteiger partial charge in [0.15, 0.2) is 0 Å². The number of hydrogen-bond donors (Lipinski definition) is 0. The van der Waals surface area contributed by atoms with Crippen LogP contribution in [0.4, 0.5) is 4.39 Å². The van der Waals surface area contributed by atoms with Crippen LogP contribution in [0.1, 0.15) is 0 Å². The molecule has 3 aromatic rings. The van der Waals surface area contributed by atoms with Crippen molar-refractivity contribution in [1.29, 1.82) is 0 Å². The molecular formula is C15H11FN2. The molecule has 3 heteroatoms. The van der Waals surface area contributed by atoms with Crippen LogP contribution in [0.5, 0.6) is 0 Å². The van der Waals surface area contributed by atoms with E-state index in [1.165, 1.54) is 12.1 Å². The van der Waals surface area contributed by atoms with Crippen LogP contribution in [0.3, 0.4) is 0 Å². The molecule has 0 radical (unpaired) electrons. The topological polar surface area (TPSA) is 17.8 Å². The fraction of sp³-hybridized carbons (Fsp3) is 0. The van der Waals surface area contributed by atoms with E-state index in [2.05, 4.69) is 5.10 Å². The van der Waals surface area contributed by atoms with Gasteiger partial charge in [-0.3, -0.25) is 0 Å². The molecule has 18 heavy (non-hydrogen) atoms. The van der Waals surface area contributed by atoms with Gasteiger partial charge in [-0.2, -0.15) is 5.10 Å². The monoisotopic (exact) mass is 238 g/mol. The first kappa shape index (κ1) is 10.7. The molecule has 0 bridgehead atoms. The van der Waals surface area contributed by atoms with E-state index in [0.717, 1.165) is 16.8 Å². The molecule has 0 aliphatic carbocycles. The summed E-state index contributed by atoms with van der Waals surface area (Å²) in [5.74, 6) is -0.236. The van der Waals surface area contributed by atoms with E-state index >= 15 is 0 Å². The molecule has 0 aliphatic heterocycles. The van der Waals surface area contributed by atoms with Crippen LogP contribution in [-0.2, 0) is 0 Å². The largest absolute Gasteiger partial charge is 0.240 e. The summed E-state index contributed by atoms with van der Waals surface area (Å²) in [5.41, 5.74) is 2.72. The SMILES string of the molecule is Fc1cccc(-c2cnn(-c3ccccc3)c2)c1. The smallest absolute Gasteiger partial charge is 0.123 e. The molecule has 0 fully saturated rings. The lowest BCUT2D eigenvalue weighted by Gasteiger charge is -1.99. The highest BCUT2D eigenvalue weighted by atomic mass is 19.1. The summed E-state index contributed by atoms with van der Waals surface area (Å²) in [5, 5.41) is 4.29. The number of halogens is 1. The zero-order valence-electron chi connectivity index (χ0n) is 9.62. The molecule has 2 nitrogen and oxygen atoms in total. The Kier molecular flexibility index (Phi) is 2.65. The first-order chi connectivity index (χ1) is 8.83. The highest BCUT2D eigenvalue weighted by molar-refractivity contribution is 5.62. The van der Waals surface area contributed by atoms with E-state index in [1.807, 2.05) is 42.6 Å². The summed E-state index contributed by atoms with van der Waals surface area (Å²) in [6.07, 6.45) is 3.63. The van der Waals surface area contributed by atoms with Gasteiger partial charge in [0, 0.05) is 11.8 Å². The molecule has 0 N–H and O–H groups in total.